The largest absolute Gasteiger partial charge is 0.416 e. The smallest absolute Gasteiger partial charge is 0.381 e. The molecule has 0 radical (unpaired) electrons. The number of hydrogen-bond donors (Lipinski definition) is 0. The highest BCUT2D eigenvalue weighted by Gasteiger charge is 2.45. The average molecular weight is 524 g/mol. The van der Waals surface area contributed by atoms with Gasteiger partial charge in [-0.15, -0.1) is 0 Å². The van der Waals surface area contributed by atoms with E-state index in [9.17, 15) is 28.0 Å². The Balaban J connectivity index is 1.57. The molecule has 6 nitrogen and oxygen atoms in total. The molecule has 1 fully saturated rings. The highest BCUT2D eigenvalue weighted by atomic mass is 19.4. The topological polar surface area (TPSA) is 73.6 Å². The standard InChI is InChI=1S/C29H28F3N3O3/c1-34-27(23-8-6-19(17-33)15-20(23)7-5-18-11-13-38-14-12-18)26-24(9-10-25(26)36)35(28(34)37)22-4-2-3-21(16-22)29(30,31)32/h2-4,6,8,15-16,18,27H,5,7,9-14H2,1H3/t27-/m1/s1. The minimum atomic E-state index is -4.56. The summed E-state index contributed by atoms with van der Waals surface area (Å²) in [5, 5.41) is 9.53. The Morgan fingerprint density at radius 1 is 1.08 bits per heavy atom. The Kier molecular flexibility index (Phi) is 7.01. The summed E-state index contributed by atoms with van der Waals surface area (Å²) in [6.07, 6.45) is -0.592. The fraction of sp³-hybridized carbons (Fsp3) is 0.414. The van der Waals surface area contributed by atoms with Crippen molar-refractivity contribution in [2.24, 2.45) is 5.92 Å². The van der Waals surface area contributed by atoms with Crippen LogP contribution in [0.2, 0.25) is 0 Å². The zero-order valence-corrected chi connectivity index (χ0v) is 21.1. The summed E-state index contributed by atoms with van der Waals surface area (Å²) in [7, 11) is 1.57. The lowest BCUT2D eigenvalue weighted by Crippen LogP contribution is -2.48. The number of anilines is 1. The molecular formula is C29H28F3N3O3. The Morgan fingerprint density at radius 3 is 2.55 bits per heavy atom. The third-order valence-corrected chi connectivity index (χ3v) is 7.78. The summed E-state index contributed by atoms with van der Waals surface area (Å²) in [5.74, 6) is 0.369. The second-order valence-electron chi connectivity index (χ2n) is 10.1. The number of ether oxygens (including phenoxy) is 1. The van der Waals surface area contributed by atoms with Crippen LogP contribution in [0, 0.1) is 17.2 Å². The number of urea groups is 1. The second-order valence-corrected chi connectivity index (χ2v) is 10.1. The monoisotopic (exact) mass is 523 g/mol. The number of rotatable bonds is 5. The molecule has 0 unspecified atom stereocenters. The van der Waals surface area contributed by atoms with E-state index < -0.39 is 23.8 Å². The minimum Gasteiger partial charge on any atom is -0.381 e. The summed E-state index contributed by atoms with van der Waals surface area (Å²) in [4.78, 5) is 29.6. The molecule has 5 rings (SSSR count). The highest BCUT2D eigenvalue weighted by molar-refractivity contribution is 6.08. The summed E-state index contributed by atoms with van der Waals surface area (Å²) in [6, 6.07) is 10.9. The zero-order chi connectivity index (χ0) is 27.0. The Hall–Kier alpha value is -3.64. The second kappa shape index (κ2) is 10.3. The van der Waals surface area contributed by atoms with E-state index in [2.05, 4.69) is 6.07 Å². The lowest BCUT2D eigenvalue weighted by molar-refractivity contribution is -0.137. The van der Waals surface area contributed by atoms with Gasteiger partial charge in [-0.05, 0) is 79.5 Å². The van der Waals surface area contributed by atoms with E-state index in [1.54, 1.807) is 13.1 Å². The maximum Gasteiger partial charge on any atom is 0.416 e. The molecule has 2 aromatic carbocycles. The average Bonchev–Trinajstić information content (AvgIpc) is 3.29. The molecule has 2 aliphatic heterocycles. The molecule has 2 amide bonds. The van der Waals surface area contributed by atoms with Crippen LogP contribution >= 0.6 is 0 Å². The van der Waals surface area contributed by atoms with Crippen LogP contribution in [0.25, 0.3) is 0 Å². The van der Waals surface area contributed by atoms with E-state index >= 15 is 0 Å². The number of carbonyl (C=O) groups excluding carboxylic acids is 2. The number of nitriles is 1. The number of carbonyl (C=O) groups is 2. The van der Waals surface area contributed by atoms with E-state index in [-0.39, 0.29) is 24.3 Å². The number of alkyl halides is 3. The molecular weight excluding hydrogens is 495 g/mol. The van der Waals surface area contributed by atoms with Gasteiger partial charge in [0.1, 0.15) is 0 Å². The molecule has 0 aromatic heterocycles. The van der Waals surface area contributed by atoms with Gasteiger partial charge in [0.25, 0.3) is 0 Å². The van der Waals surface area contributed by atoms with Crippen LogP contribution in [0.15, 0.2) is 53.7 Å². The van der Waals surface area contributed by atoms with Crippen molar-refractivity contribution in [1.82, 2.24) is 4.90 Å². The molecule has 2 aromatic rings. The molecule has 0 spiro atoms. The van der Waals surface area contributed by atoms with Crippen molar-refractivity contribution in [3.8, 4) is 6.07 Å². The first kappa shape index (κ1) is 26.0. The van der Waals surface area contributed by atoms with Crippen molar-refractivity contribution in [2.45, 2.75) is 50.7 Å². The number of likely N-dealkylation sites (N-methyl/N-ethyl adjacent to an activating group) is 1. The van der Waals surface area contributed by atoms with Gasteiger partial charge in [-0.3, -0.25) is 9.69 Å². The quantitative estimate of drug-likeness (QED) is 0.470. The maximum absolute atomic E-state index is 13.7. The van der Waals surface area contributed by atoms with E-state index in [4.69, 9.17) is 4.74 Å². The predicted octanol–water partition coefficient (Wildman–Crippen LogP) is 6.17. The van der Waals surface area contributed by atoms with Gasteiger partial charge in [-0.25, -0.2) is 4.79 Å². The van der Waals surface area contributed by atoms with Gasteiger partial charge < -0.3 is 9.64 Å². The number of benzene rings is 2. The summed E-state index contributed by atoms with van der Waals surface area (Å²) < 4.78 is 45.7. The molecule has 1 atom stereocenters. The molecule has 0 saturated carbocycles. The minimum absolute atomic E-state index is 0.0805. The lowest BCUT2D eigenvalue weighted by Gasteiger charge is -2.41. The molecule has 2 heterocycles. The fourth-order valence-electron chi connectivity index (χ4n) is 5.79. The van der Waals surface area contributed by atoms with Gasteiger partial charge in [0.15, 0.2) is 5.78 Å². The highest BCUT2D eigenvalue weighted by Crippen LogP contribution is 2.46. The third-order valence-electron chi connectivity index (χ3n) is 7.78. The summed E-state index contributed by atoms with van der Waals surface area (Å²) >= 11 is 0. The first-order valence-electron chi connectivity index (χ1n) is 12.8. The third kappa shape index (κ3) is 4.81. The molecule has 198 valence electrons. The van der Waals surface area contributed by atoms with Crippen LogP contribution in [-0.4, -0.2) is 37.0 Å². The Bertz CT molecular complexity index is 1340. The van der Waals surface area contributed by atoms with Gasteiger partial charge in [0.05, 0.1) is 28.9 Å². The number of allylic oxidation sites excluding steroid dienone is 1. The van der Waals surface area contributed by atoms with Crippen molar-refractivity contribution in [3.63, 3.8) is 0 Å². The maximum atomic E-state index is 13.7. The zero-order valence-electron chi connectivity index (χ0n) is 21.1. The van der Waals surface area contributed by atoms with E-state index in [1.807, 2.05) is 12.1 Å². The number of ketones is 1. The van der Waals surface area contributed by atoms with Crippen LogP contribution in [-0.2, 0) is 22.1 Å². The van der Waals surface area contributed by atoms with Crippen molar-refractivity contribution < 1.29 is 27.5 Å². The number of hydrogen-bond acceptors (Lipinski definition) is 4. The predicted molar refractivity (Wildman–Crippen MR) is 134 cm³/mol. The number of nitrogens with zero attached hydrogens (tertiary/aromatic N) is 3. The van der Waals surface area contributed by atoms with E-state index in [1.165, 1.54) is 21.9 Å². The molecule has 3 aliphatic rings. The van der Waals surface area contributed by atoms with Crippen molar-refractivity contribution in [1.29, 1.82) is 5.26 Å². The summed E-state index contributed by atoms with van der Waals surface area (Å²) in [5.41, 5.74) is 2.28. The summed E-state index contributed by atoms with van der Waals surface area (Å²) in [6.45, 7) is 1.46. The van der Waals surface area contributed by atoms with Gasteiger partial charge in [0.2, 0.25) is 0 Å². The van der Waals surface area contributed by atoms with Crippen LogP contribution in [0.3, 0.4) is 0 Å². The number of halogens is 3. The fourth-order valence-corrected chi connectivity index (χ4v) is 5.79. The molecule has 1 saturated heterocycles. The van der Waals surface area contributed by atoms with Gasteiger partial charge in [-0.2, -0.15) is 18.4 Å². The normalized spacial score (nSPS) is 20.7. The van der Waals surface area contributed by atoms with E-state index in [0.717, 1.165) is 55.7 Å². The number of Topliss-reactive ketones (excluding diaryl/α,β-unsaturated/α-hetero) is 1. The van der Waals surface area contributed by atoms with Crippen LogP contribution < -0.4 is 4.90 Å². The van der Waals surface area contributed by atoms with Gasteiger partial charge >= 0.3 is 12.2 Å². The Labute approximate surface area is 219 Å². The van der Waals surface area contributed by atoms with E-state index in [0.29, 0.717) is 29.2 Å². The van der Waals surface area contributed by atoms with Crippen molar-refractivity contribution in [3.05, 3.63) is 76.0 Å². The molecule has 38 heavy (non-hydrogen) atoms. The number of aryl methyl sites for hydroxylation is 1. The van der Waals surface area contributed by atoms with Gasteiger partial charge in [0, 0.05) is 38.0 Å². The molecule has 0 bridgehead atoms. The van der Waals surface area contributed by atoms with Crippen molar-refractivity contribution >= 4 is 17.5 Å². The first-order chi connectivity index (χ1) is 18.2. The SMILES string of the molecule is CN1C(=O)N(c2cccc(C(F)(F)F)c2)C2=C(C(=O)CC2)[C@H]1c1ccc(C#N)cc1CCC1CCOCC1. The van der Waals surface area contributed by atoms with Crippen LogP contribution in [0.1, 0.15) is 60.4 Å². The van der Waals surface area contributed by atoms with Crippen LogP contribution in [0.5, 0.6) is 0 Å². The van der Waals surface area contributed by atoms with Gasteiger partial charge in [-0.1, -0.05) is 12.1 Å². The molecule has 0 N–H and O–H groups in total. The number of amides is 2. The van der Waals surface area contributed by atoms with Crippen molar-refractivity contribution in [2.75, 3.05) is 25.2 Å². The first-order valence-corrected chi connectivity index (χ1v) is 12.8. The molecule has 9 heteroatoms. The Morgan fingerprint density at radius 2 is 1.84 bits per heavy atom. The lowest BCUT2D eigenvalue weighted by atomic mass is 9.85. The molecule has 1 aliphatic carbocycles. The van der Waals surface area contributed by atoms with Crippen LogP contribution in [0.4, 0.5) is 23.7 Å².